The Balaban J connectivity index is 1.82. The van der Waals surface area contributed by atoms with Crippen LogP contribution in [0.5, 0.6) is 0 Å². The lowest BCUT2D eigenvalue weighted by Crippen LogP contribution is -2.31. The first-order valence-electron chi connectivity index (χ1n) is 13.5. The summed E-state index contributed by atoms with van der Waals surface area (Å²) < 4.78 is 42.2. The molecular formula is C31H29N2O+. The van der Waals surface area contributed by atoms with E-state index in [1.54, 1.807) is 6.07 Å². The molecule has 0 aliphatic rings. The Hall–Kier alpha value is -3.72. The predicted molar refractivity (Wildman–Crippen MR) is 141 cm³/mol. The van der Waals surface area contributed by atoms with Gasteiger partial charge in [-0.1, -0.05) is 50.2 Å². The van der Waals surface area contributed by atoms with Crippen LogP contribution in [-0.4, -0.2) is 4.98 Å². The zero-order valence-corrected chi connectivity index (χ0v) is 20.1. The third kappa shape index (κ3) is 2.89. The number of furan rings is 1. The lowest BCUT2D eigenvalue weighted by atomic mass is 9.92. The molecule has 3 heterocycles. The molecule has 0 N–H and O–H groups in total. The van der Waals surface area contributed by atoms with Gasteiger partial charge in [-0.2, -0.15) is 0 Å². The van der Waals surface area contributed by atoms with Gasteiger partial charge >= 0.3 is 0 Å². The minimum atomic E-state index is -2.31. The molecule has 0 saturated heterocycles. The number of aromatic nitrogens is 2. The summed E-state index contributed by atoms with van der Waals surface area (Å²) in [6.45, 7) is 5.26. The highest BCUT2D eigenvalue weighted by molar-refractivity contribution is 6.21. The van der Waals surface area contributed by atoms with Gasteiger partial charge in [0.05, 0.1) is 16.3 Å². The average Bonchev–Trinajstić information content (AvgIpc) is 3.21. The van der Waals surface area contributed by atoms with Crippen LogP contribution in [-0.2, 0) is 7.05 Å². The Kier molecular flexibility index (Phi) is 3.66. The van der Waals surface area contributed by atoms with E-state index < -0.39 is 12.7 Å². The van der Waals surface area contributed by atoms with Crippen LogP contribution >= 0.6 is 0 Å². The standard InChI is InChI=1S/C31H29N2O/c1-17(2)21-11-12-24-22(16-21)13-14-33(6)29(24)27-19(4)18(3)15-26-28-25-10-8-7-9-23(25)20(5)32-31(28)34-30(26)27/h7-17H,1-6H3/q+1/i3D3,17D. The lowest BCUT2D eigenvalue weighted by Gasteiger charge is -2.12. The van der Waals surface area contributed by atoms with Crippen molar-refractivity contribution in [1.82, 2.24) is 4.98 Å². The summed E-state index contributed by atoms with van der Waals surface area (Å²) >= 11 is 0. The predicted octanol–water partition coefficient (Wildman–Crippen LogP) is 7.83. The van der Waals surface area contributed by atoms with E-state index in [1.807, 2.05) is 94.0 Å². The van der Waals surface area contributed by atoms with E-state index in [4.69, 9.17) is 14.9 Å². The minimum absolute atomic E-state index is 0.299. The molecule has 6 rings (SSSR count). The van der Waals surface area contributed by atoms with Crippen LogP contribution in [0.3, 0.4) is 0 Å². The summed E-state index contributed by atoms with van der Waals surface area (Å²) in [5.41, 5.74) is 5.48. The smallest absolute Gasteiger partial charge is 0.228 e. The third-order valence-corrected chi connectivity index (χ3v) is 7.03. The number of nitrogens with zero attached hydrogens (tertiary/aromatic N) is 2. The summed E-state index contributed by atoms with van der Waals surface area (Å²) in [6, 6.07) is 17.9. The van der Waals surface area contributed by atoms with E-state index in [2.05, 4.69) is 0 Å². The van der Waals surface area contributed by atoms with Crippen molar-refractivity contribution < 1.29 is 14.5 Å². The zero-order valence-electron chi connectivity index (χ0n) is 24.1. The second kappa shape index (κ2) is 7.39. The van der Waals surface area contributed by atoms with Crippen molar-refractivity contribution in [2.24, 2.45) is 7.05 Å². The fraction of sp³-hybridized carbons (Fsp3) is 0.226. The van der Waals surface area contributed by atoms with Gasteiger partial charge in [0.2, 0.25) is 11.4 Å². The topological polar surface area (TPSA) is 29.9 Å². The molecule has 0 amide bonds. The molecule has 0 aliphatic carbocycles. The van der Waals surface area contributed by atoms with Crippen LogP contribution < -0.4 is 4.57 Å². The van der Waals surface area contributed by atoms with Crippen molar-refractivity contribution in [3.63, 3.8) is 0 Å². The first-order valence-corrected chi connectivity index (χ1v) is 11.5. The van der Waals surface area contributed by atoms with Crippen LogP contribution in [0, 0.1) is 20.7 Å². The number of rotatable bonds is 2. The third-order valence-electron chi connectivity index (χ3n) is 7.03. The van der Waals surface area contributed by atoms with Crippen molar-refractivity contribution in [2.45, 2.75) is 40.4 Å². The SMILES string of the molecule is [2H]C([2H])([2H])c1cc2c(oc3nc(C)c4ccccc4c32)c(-c2c3ccc(C([2H])(C)C)cc3cc[n+]2C)c1C. The average molecular weight is 450 g/mol. The monoisotopic (exact) mass is 449 g/mol. The number of pyridine rings is 2. The molecule has 0 bridgehead atoms. The van der Waals surface area contributed by atoms with E-state index in [1.165, 1.54) is 0 Å². The number of aryl methyl sites for hydroxylation is 3. The van der Waals surface area contributed by atoms with Gasteiger partial charge in [0.15, 0.2) is 11.8 Å². The molecule has 6 aromatic rings. The summed E-state index contributed by atoms with van der Waals surface area (Å²) in [4.78, 5) is 4.79. The molecule has 3 aromatic carbocycles. The molecule has 3 heteroatoms. The molecule has 3 aromatic heterocycles. The van der Waals surface area contributed by atoms with Gasteiger partial charge in [-0.15, -0.1) is 0 Å². The molecule has 0 radical (unpaired) electrons. The summed E-state index contributed by atoms with van der Waals surface area (Å²) in [7, 11) is 1.96. The molecule has 0 aliphatic heterocycles. The summed E-state index contributed by atoms with van der Waals surface area (Å²) in [5.74, 6) is -0.736. The maximum atomic E-state index is 8.50. The van der Waals surface area contributed by atoms with E-state index >= 15 is 0 Å². The van der Waals surface area contributed by atoms with Gasteiger partial charge in [0, 0.05) is 28.0 Å². The quantitative estimate of drug-likeness (QED) is 0.252. The van der Waals surface area contributed by atoms with Gasteiger partial charge in [-0.25, -0.2) is 9.55 Å². The number of hydrogen-bond donors (Lipinski definition) is 0. The van der Waals surface area contributed by atoms with Crippen molar-refractivity contribution >= 4 is 43.6 Å². The second-order valence-corrected chi connectivity index (χ2v) is 9.40. The molecule has 0 unspecified atom stereocenters. The summed E-state index contributed by atoms with van der Waals surface area (Å²) in [5, 5.41) is 5.53. The number of benzene rings is 3. The van der Waals surface area contributed by atoms with E-state index in [9.17, 15) is 0 Å². The summed E-state index contributed by atoms with van der Waals surface area (Å²) in [6.07, 6.45) is 1.98. The van der Waals surface area contributed by atoms with Crippen molar-refractivity contribution in [3.8, 4) is 11.3 Å². The highest BCUT2D eigenvalue weighted by Gasteiger charge is 2.26. The number of hydrogen-bond acceptors (Lipinski definition) is 2. The van der Waals surface area contributed by atoms with Crippen LogP contribution in [0.1, 0.15) is 47.6 Å². The molecule has 0 spiro atoms. The fourth-order valence-corrected chi connectivity index (χ4v) is 5.16. The fourth-order valence-electron chi connectivity index (χ4n) is 5.16. The Morgan fingerprint density at radius 2 is 1.76 bits per heavy atom. The van der Waals surface area contributed by atoms with E-state index in [-0.39, 0.29) is 0 Å². The van der Waals surface area contributed by atoms with Crippen molar-refractivity contribution in [2.75, 3.05) is 0 Å². The first-order chi connectivity index (χ1) is 17.9. The molecule has 168 valence electrons. The highest BCUT2D eigenvalue weighted by Crippen LogP contribution is 2.42. The zero-order chi connectivity index (χ0) is 27.1. The van der Waals surface area contributed by atoms with Crippen molar-refractivity contribution in [3.05, 3.63) is 83.2 Å². The molecular weight excluding hydrogens is 416 g/mol. The number of fused-ring (bicyclic) bond motifs is 6. The van der Waals surface area contributed by atoms with Crippen LogP contribution in [0.15, 0.2) is 65.2 Å². The van der Waals surface area contributed by atoms with Gasteiger partial charge in [-0.3, -0.25) is 0 Å². The van der Waals surface area contributed by atoms with Gasteiger partial charge in [0.25, 0.3) is 0 Å². The maximum Gasteiger partial charge on any atom is 0.228 e. The van der Waals surface area contributed by atoms with Crippen LogP contribution in [0.25, 0.3) is 54.9 Å². The first kappa shape index (κ1) is 16.8. The van der Waals surface area contributed by atoms with Gasteiger partial charge in [-0.05, 0) is 66.2 Å². The Bertz CT molecular complexity index is 1930. The Labute approximate surface area is 205 Å². The highest BCUT2D eigenvalue weighted by atomic mass is 16.3. The van der Waals surface area contributed by atoms with Crippen LogP contribution in [0.4, 0.5) is 0 Å². The van der Waals surface area contributed by atoms with E-state index in [0.717, 1.165) is 54.8 Å². The molecule has 0 atom stereocenters. The second-order valence-electron chi connectivity index (χ2n) is 9.40. The largest absolute Gasteiger partial charge is 0.437 e. The molecule has 3 nitrogen and oxygen atoms in total. The van der Waals surface area contributed by atoms with Gasteiger partial charge < -0.3 is 4.42 Å². The van der Waals surface area contributed by atoms with E-state index in [0.29, 0.717) is 22.4 Å². The Morgan fingerprint density at radius 3 is 2.53 bits per heavy atom. The van der Waals surface area contributed by atoms with Gasteiger partial charge in [0.1, 0.15) is 7.05 Å². The maximum absolute atomic E-state index is 8.50. The minimum Gasteiger partial charge on any atom is -0.437 e. The van der Waals surface area contributed by atoms with Crippen LogP contribution in [0.2, 0.25) is 0 Å². The molecule has 0 fully saturated rings. The molecule has 34 heavy (non-hydrogen) atoms. The molecule has 0 saturated carbocycles. The van der Waals surface area contributed by atoms with Crippen molar-refractivity contribution in [1.29, 1.82) is 0 Å². The Morgan fingerprint density at radius 1 is 0.971 bits per heavy atom. The normalized spacial score (nSPS) is 14.5. The lowest BCUT2D eigenvalue weighted by molar-refractivity contribution is -0.659.